The zero-order valence-electron chi connectivity index (χ0n) is 13.5. The lowest BCUT2D eigenvalue weighted by molar-refractivity contribution is 0.00166. The molecule has 2 aliphatic rings. The van der Waals surface area contributed by atoms with Crippen molar-refractivity contribution in [2.45, 2.75) is 12.5 Å². The number of ether oxygens (including phenoxy) is 2. The molecule has 0 aliphatic carbocycles. The highest BCUT2D eigenvalue weighted by molar-refractivity contribution is 9.10. The fourth-order valence-corrected chi connectivity index (χ4v) is 3.81. The summed E-state index contributed by atoms with van der Waals surface area (Å²) in [6.45, 7) is 5.19. The maximum absolute atomic E-state index is 13.5. The van der Waals surface area contributed by atoms with Gasteiger partial charge in [-0.1, -0.05) is 15.9 Å². The summed E-state index contributed by atoms with van der Waals surface area (Å²) in [6.07, 6.45) is 1.00. The number of benzene rings is 1. The van der Waals surface area contributed by atoms with E-state index in [2.05, 4.69) is 26.1 Å². The number of morpholine rings is 1. The first kappa shape index (κ1) is 17.8. The number of halogens is 2. The van der Waals surface area contributed by atoms with Gasteiger partial charge in [0, 0.05) is 48.2 Å². The standard InChI is InChI=1S/C17H22BrFN2O3/c18-14-7-13(8-15(19)9-14)17(22)20-10-16(12-1-4-24-11-12)21-2-5-23-6-3-21/h7-9,12,16H,1-6,10-11H2,(H,20,22)/t12-,16-/m1/s1. The molecule has 5 nitrogen and oxygen atoms in total. The maximum atomic E-state index is 13.5. The molecule has 1 aromatic carbocycles. The van der Waals surface area contributed by atoms with E-state index in [1.807, 2.05) is 0 Å². The van der Waals surface area contributed by atoms with Gasteiger partial charge in [-0.05, 0) is 24.6 Å². The molecule has 0 bridgehead atoms. The summed E-state index contributed by atoms with van der Waals surface area (Å²) >= 11 is 3.22. The second-order valence-corrected chi connectivity index (χ2v) is 7.12. The number of hydrogen-bond donors (Lipinski definition) is 1. The first-order chi connectivity index (χ1) is 11.6. The molecular formula is C17H22BrFN2O3. The van der Waals surface area contributed by atoms with Crippen LogP contribution < -0.4 is 5.32 Å². The SMILES string of the molecule is O=C(NC[C@H]([C@@H]1CCOC1)N1CCOCC1)c1cc(F)cc(Br)c1. The van der Waals surface area contributed by atoms with E-state index in [0.29, 0.717) is 22.5 Å². The van der Waals surface area contributed by atoms with Crippen molar-refractivity contribution in [3.63, 3.8) is 0 Å². The Morgan fingerprint density at radius 2 is 2.08 bits per heavy atom. The van der Waals surface area contributed by atoms with E-state index in [0.717, 1.165) is 45.9 Å². The summed E-state index contributed by atoms with van der Waals surface area (Å²) < 4.78 is 25.0. The van der Waals surface area contributed by atoms with E-state index in [4.69, 9.17) is 9.47 Å². The molecule has 24 heavy (non-hydrogen) atoms. The van der Waals surface area contributed by atoms with E-state index in [9.17, 15) is 9.18 Å². The van der Waals surface area contributed by atoms with Crippen LogP contribution in [0.3, 0.4) is 0 Å². The molecule has 0 aromatic heterocycles. The summed E-state index contributed by atoms with van der Waals surface area (Å²) in [7, 11) is 0. The number of carbonyl (C=O) groups excluding carboxylic acids is 1. The molecule has 2 fully saturated rings. The van der Waals surface area contributed by atoms with Crippen molar-refractivity contribution in [1.82, 2.24) is 10.2 Å². The van der Waals surface area contributed by atoms with Crippen molar-refractivity contribution in [3.8, 4) is 0 Å². The van der Waals surface area contributed by atoms with Crippen LogP contribution in [0.15, 0.2) is 22.7 Å². The molecule has 2 atom stereocenters. The Kier molecular flexibility index (Phi) is 6.21. The zero-order valence-corrected chi connectivity index (χ0v) is 15.1. The molecule has 0 unspecified atom stereocenters. The Balaban J connectivity index is 1.64. The summed E-state index contributed by atoms with van der Waals surface area (Å²) in [5.74, 6) is -0.279. The summed E-state index contributed by atoms with van der Waals surface area (Å²) in [5, 5.41) is 2.96. The van der Waals surface area contributed by atoms with Gasteiger partial charge in [0.25, 0.3) is 5.91 Å². The van der Waals surface area contributed by atoms with Gasteiger partial charge in [-0.25, -0.2) is 4.39 Å². The third-order valence-corrected chi connectivity index (χ3v) is 5.08. The van der Waals surface area contributed by atoms with Crippen LogP contribution in [0, 0.1) is 11.7 Å². The fourth-order valence-electron chi connectivity index (χ4n) is 3.34. The summed E-state index contributed by atoms with van der Waals surface area (Å²) in [6, 6.07) is 4.43. The molecule has 3 rings (SSSR count). The Labute approximate surface area is 149 Å². The second-order valence-electron chi connectivity index (χ2n) is 6.21. The molecule has 1 amide bonds. The lowest BCUT2D eigenvalue weighted by atomic mass is 9.96. The Morgan fingerprint density at radius 1 is 1.29 bits per heavy atom. The quantitative estimate of drug-likeness (QED) is 0.821. The maximum Gasteiger partial charge on any atom is 0.251 e. The first-order valence-corrected chi connectivity index (χ1v) is 9.06. The van der Waals surface area contributed by atoms with Gasteiger partial charge in [0.1, 0.15) is 5.82 Å². The Morgan fingerprint density at radius 3 is 2.75 bits per heavy atom. The molecule has 7 heteroatoms. The van der Waals surface area contributed by atoms with Crippen LogP contribution in [-0.2, 0) is 9.47 Å². The largest absolute Gasteiger partial charge is 0.381 e. The number of nitrogens with zero attached hydrogens (tertiary/aromatic N) is 1. The van der Waals surface area contributed by atoms with Crippen molar-refractivity contribution in [1.29, 1.82) is 0 Å². The number of amides is 1. The average Bonchev–Trinajstić information content (AvgIpc) is 3.09. The second kappa shape index (κ2) is 8.38. The van der Waals surface area contributed by atoms with Crippen LogP contribution in [0.5, 0.6) is 0 Å². The fraction of sp³-hybridized carbons (Fsp3) is 0.588. The average molecular weight is 401 g/mol. The van der Waals surface area contributed by atoms with E-state index >= 15 is 0 Å². The molecule has 2 aliphatic heterocycles. The van der Waals surface area contributed by atoms with Crippen molar-refractivity contribution in [3.05, 3.63) is 34.1 Å². The van der Waals surface area contributed by atoms with Gasteiger partial charge in [-0.15, -0.1) is 0 Å². The smallest absolute Gasteiger partial charge is 0.251 e. The van der Waals surface area contributed by atoms with Gasteiger partial charge >= 0.3 is 0 Å². The normalized spacial score (nSPS) is 23.2. The van der Waals surface area contributed by atoms with Gasteiger partial charge in [-0.3, -0.25) is 9.69 Å². The Bertz CT molecular complexity index is 555. The third kappa shape index (κ3) is 4.53. The molecule has 0 radical (unpaired) electrons. The molecule has 1 N–H and O–H groups in total. The van der Waals surface area contributed by atoms with Gasteiger partial charge in [-0.2, -0.15) is 0 Å². The van der Waals surface area contributed by atoms with E-state index in [-0.39, 0.29) is 11.9 Å². The van der Waals surface area contributed by atoms with E-state index in [1.54, 1.807) is 6.07 Å². The van der Waals surface area contributed by atoms with Crippen molar-refractivity contribution >= 4 is 21.8 Å². The van der Waals surface area contributed by atoms with Crippen LogP contribution in [0.2, 0.25) is 0 Å². The minimum Gasteiger partial charge on any atom is -0.381 e. The highest BCUT2D eigenvalue weighted by Crippen LogP contribution is 2.22. The minimum atomic E-state index is -0.427. The summed E-state index contributed by atoms with van der Waals surface area (Å²) in [4.78, 5) is 14.7. The molecule has 132 valence electrons. The highest BCUT2D eigenvalue weighted by Gasteiger charge is 2.31. The van der Waals surface area contributed by atoms with Crippen LogP contribution in [-0.4, -0.2) is 62.9 Å². The predicted octanol–water partition coefficient (Wildman–Crippen LogP) is 2.06. The Hall–Kier alpha value is -1.02. The monoisotopic (exact) mass is 400 g/mol. The van der Waals surface area contributed by atoms with Crippen molar-refractivity contribution in [2.75, 3.05) is 46.1 Å². The summed E-state index contributed by atoms with van der Waals surface area (Å²) in [5.41, 5.74) is 0.324. The molecule has 0 saturated carbocycles. The number of rotatable bonds is 5. The van der Waals surface area contributed by atoms with Crippen molar-refractivity contribution < 1.29 is 18.7 Å². The molecule has 2 heterocycles. The molecule has 0 spiro atoms. The molecule has 1 aromatic rings. The van der Waals surface area contributed by atoms with Crippen LogP contribution in [0.1, 0.15) is 16.8 Å². The van der Waals surface area contributed by atoms with Gasteiger partial charge < -0.3 is 14.8 Å². The number of nitrogens with one attached hydrogen (secondary N) is 1. The third-order valence-electron chi connectivity index (χ3n) is 4.62. The lowest BCUT2D eigenvalue weighted by Gasteiger charge is -2.37. The zero-order chi connectivity index (χ0) is 16.9. The van der Waals surface area contributed by atoms with Crippen LogP contribution >= 0.6 is 15.9 Å². The van der Waals surface area contributed by atoms with Crippen LogP contribution in [0.25, 0.3) is 0 Å². The lowest BCUT2D eigenvalue weighted by Crippen LogP contribution is -2.52. The molecule has 2 saturated heterocycles. The predicted molar refractivity (Wildman–Crippen MR) is 91.5 cm³/mol. The van der Waals surface area contributed by atoms with Crippen LogP contribution in [0.4, 0.5) is 4.39 Å². The topological polar surface area (TPSA) is 50.8 Å². The number of carbonyl (C=O) groups is 1. The van der Waals surface area contributed by atoms with E-state index < -0.39 is 5.82 Å². The van der Waals surface area contributed by atoms with Gasteiger partial charge in [0.2, 0.25) is 0 Å². The first-order valence-electron chi connectivity index (χ1n) is 8.27. The molecular weight excluding hydrogens is 379 g/mol. The highest BCUT2D eigenvalue weighted by atomic mass is 79.9. The van der Waals surface area contributed by atoms with Gasteiger partial charge in [0.05, 0.1) is 19.8 Å². The van der Waals surface area contributed by atoms with E-state index in [1.165, 1.54) is 12.1 Å². The number of hydrogen-bond acceptors (Lipinski definition) is 4. The minimum absolute atomic E-state index is 0.220. The van der Waals surface area contributed by atoms with Crippen molar-refractivity contribution in [2.24, 2.45) is 5.92 Å². The van der Waals surface area contributed by atoms with Gasteiger partial charge in [0.15, 0.2) is 0 Å².